The molecule has 1 heterocycles. The fourth-order valence-electron chi connectivity index (χ4n) is 3.94. The minimum Gasteiger partial charge on any atom is -0.466 e. The number of imide groups is 1. The van der Waals surface area contributed by atoms with Crippen LogP contribution in [0.1, 0.15) is 33.2 Å². The Hall–Kier alpha value is -4.22. The number of alkyl halides is 4. The summed E-state index contributed by atoms with van der Waals surface area (Å²) in [5.74, 6) is -5.52. The number of fused-ring (bicyclic) bond motifs is 2. The Morgan fingerprint density at radius 1 is 0.889 bits per heavy atom. The Labute approximate surface area is 199 Å². The van der Waals surface area contributed by atoms with Crippen LogP contribution >= 0.6 is 0 Å². The molecule has 3 aromatic carbocycles. The molecule has 188 valence electrons. The first-order valence-electron chi connectivity index (χ1n) is 10.4. The van der Waals surface area contributed by atoms with Gasteiger partial charge in [-0.1, -0.05) is 30.3 Å². The van der Waals surface area contributed by atoms with Crippen molar-refractivity contribution in [3.05, 3.63) is 65.0 Å². The lowest BCUT2D eigenvalue weighted by molar-refractivity contribution is -0.142. The van der Waals surface area contributed by atoms with Crippen LogP contribution in [0, 0.1) is 5.82 Å². The molecule has 4 rings (SSSR count). The average molecular weight is 509 g/mol. The summed E-state index contributed by atoms with van der Waals surface area (Å²) in [6.07, 6.45) is -0.424. The van der Waals surface area contributed by atoms with Crippen molar-refractivity contribution in [3.63, 3.8) is 0 Å². The minimum atomic E-state index is -3.42. The van der Waals surface area contributed by atoms with E-state index in [0.29, 0.717) is 4.90 Å². The summed E-state index contributed by atoms with van der Waals surface area (Å²) < 4.78 is 81.6. The molecule has 0 N–H and O–H groups in total. The van der Waals surface area contributed by atoms with Gasteiger partial charge in [0.25, 0.3) is 11.8 Å². The Morgan fingerprint density at radius 3 is 1.86 bits per heavy atom. The number of carbonyl (C=O) groups excluding carboxylic acids is 3. The van der Waals surface area contributed by atoms with E-state index in [0.717, 1.165) is 18.2 Å². The first kappa shape index (κ1) is 24.9. The van der Waals surface area contributed by atoms with E-state index in [9.17, 15) is 36.3 Å². The van der Waals surface area contributed by atoms with E-state index in [-0.39, 0.29) is 28.6 Å². The molecule has 0 aliphatic carbocycles. The third-order valence-electron chi connectivity index (χ3n) is 5.30. The zero-order chi connectivity index (χ0) is 26.1. The summed E-state index contributed by atoms with van der Waals surface area (Å²) in [5.41, 5.74) is -1.89. The zero-order valence-electron chi connectivity index (χ0n) is 18.4. The van der Waals surface area contributed by atoms with Gasteiger partial charge < -0.3 is 14.2 Å². The van der Waals surface area contributed by atoms with E-state index in [1.54, 1.807) is 6.92 Å². The van der Waals surface area contributed by atoms with Gasteiger partial charge in [0.05, 0.1) is 29.8 Å². The van der Waals surface area contributed by atoms with Crippen LogP contribution in [0.25, 0.3) is 10.8 Å². The van der Waals surface area contributed by atoms with Crippen LogP contribution < -0.4 is 14.4 Å². The third-order valence-corrected chi connectivity index (χ3v) is 5.30. The molecule has 36 heavy (non-hydrogen) atoms. The topological polar surface area (TPSA) is 82.1 Å². The van der Waals surface area contributed by atoms with Gasteiger partial charge in [-0.05, 0) is 24.6 Å². The smallest absolute Gasteiger partial charge is 0.387 e. The van der Waals surface area contributed by atoms with Crippen LogP contribution in [0.3, 0.4) is 0 Å². The van der Waals surface area contributed by atoms with Crippen LogP contribution in [0.5, 0.6) is 11.5 Å². The van der Waals surface area contributed by atoms with E-state index in [1.165, 1.54) is 24.3 Å². The van der Waals surface area contributed by atoms with Gasteiger partial charge in [0.15, 0.2) is 0 Å². The normalized spacial score (nSPS) is 13.1. The highest BCUT2D eigenvalue weighted by atomic mass is 19.3. The summed E-state index contributed by atoms with van der Waals surface area (Å²) >= 11 is 0. The van der Waals surface area contributed by atoms with Crippen molar-refractivity contribution in [1.29, 1.82) is 0 Å². The molecule has 2 amide bonds. The molecular formula is C24H16F5NO6. The summed E-state index contributed by atoms with van der Waals surface area (Å²) in [6.45, 7) is -5.19. The predicted molar refractivity (Wildman–Crippen MR) is 115 cm³/mol. The highest BCUT2D eigenvalue weighted by Crippen LogP contribution is 2.47. The molecule has 0 radical (unpaired) electrons. The number of amides is 2. The van der Waals surface area contributed by atoms with Gasteiger partial charge in [-0.15, -0.1) is 0 Å². The van der Waals surface area contributed by atoms with E-state index in [1.807, 2.05) is 0 Å². The highest BCUT2D eigenvalue weighted by molar-refractivity contribution is 6.38. The maximum Gasteiger partial charge on any atom is 0.387 e. The zero-order valence-corrected chi connectivity index (χ0v) is 18.4. The second-order valence-electron chi connectivity index (χ2n) is 7.41. The van der Waals surface area contributed by atoms with Gasteiger partial charge in [-0.2, -0.15) is 17.6 Å². The number of halogens is 5. The van der Waals surface area contributed by atoms with Crippen molar-refractivity contribution in [3.8, 4) is 11.5 Å². The number of nitrogens with zero attached hydrogens (tertiary/aromatic N) is 1. The van der Waals surface area contributed by atoms with Crippen LogP contribution in [0.2, 0.25) is 0 Å². The molecule has 0 bridgehead atoms. The molecule has 0 saturated heterocycles. The molecule has 7 nitrogen and oxygen atoms in total. The van der Waals surface area contributed by atoms with Crippen LogP contribution in [0.15, 0.2) is 42.5 Å². The monoisotopic (exact) mass is 509 g/mol. The molecule has 0 unspecified atom stereocenters. The van der Waals surface area contributed by atoms with E-state index < -0.39 is 65.9 Å². The van der Waals surface area contributed by atoms with Crippen molar-refractivity contribution >= 4 is 34.2 Å². The summed E-state index contributed by atoms with van der Waals surface area (Å²) in [4.78, 5) is 38.7. The molecule has 1 aliphatic heterocycles. The summed E-state index contributed by atoms with van der Waals surface area (Å²) in [5, 5.41) is -0.350. The van der Waals surface area contributed by atoms with Crippen LogP contribution in [0.4, 0.5) is 27.6 Å². The van der Waals surface area contributed by atoms with Gasteiger partial charge in [-0.25, -0.2) is 9.29 Å². The SMILES string of the molecule is CCOC(=O)Cc1ccc(N2C(=O)c3c(c(OC(F)F)c4ccccc4c3OC(F)F)C2=O)cc1F. The lowest BCUT2D eigenvalue weighted by atomic mass is 9.99. The molecule has 12 heteroatoms. The van der Waals surface area contributed by atoms with Crippen molar-refractivity contribution in [2.24, 2.45) is 0 Å². The molecule has 3 aromatic rings. The standard InChI is InChI=1S/C24H16F5NO6/c1-2-34-16(31)9-11-7-8-12(10-15(11)25)30-21(32)17-18(22(30)33)20(36-24(28)29)14-6-4-3-5-13(14)19(17)35-23(26)27/h3-8,10,23-24H,2,9H2,1H3. The first-order chi connectivity index (χ1) is 17.1. The average Bonchev–Trinajstić information content (AvgIpc) is 3.07. The molecule has 0 fully saturated rings. The van der Waals surface area contributed by atoms with Crippen molar-refractivity contribution in [2.75, 3.05) is 11.5 Å². The third kappa shape index (κ3) is 4.41. The number of anilines is 1. The number of rotatable bonds is 8. The highest BCUT2D eigenvalue weighted by Gasteiger charge is 2.44. The maximum absolute atomic E-state index is 14.7. The Morgan fingerprint density at radius 2 is 1.42 bits per heavy atom. The van der Waals surface area contributed by atoms with Gasteiger partial charge >= 0.3 is 19.2 Å². The molecule has 0 saturated carbocycles. The molecule has 1 aliphatic rings. The fourth-order valence-corrected chi connectivity index (χ4v) is 3.94. The van der Waals surface area contributed by atoms with Crippen molar-refractivity contribution < 1.29 is 50.5 Å². The summed E-state index contributed by atoms with van der Waals surface area (Å²) in [7, 11) is 0. The molecule has 0 aromatic heterocycles. The largest absolute Gasteiger partial charge is 0.466 e. The van der Waals surface area contributed by atoms with Gasteiger partial charge in [0, 0.05) is 10.8 Å². The first-order valence-corrected chi connectivity index (χ1v) is 10.4. The number of hydrogen-bond donors (Lipinski definition) is 0. The Bertz CT molecular complexity index is 1310. The predicted octanol–water partition coefficient (Wildman–Crippen LogP) is 5.09. The molecule has 0 atom stereocenters. The number of benzene rings is 3. The number of esters is 1. The Balaban J connectivity index is 1.87. The van der Waals surface area contributed by atoms with Crippen molar-refractivity contribution in [2.45, 2.75) is 26.6 Å². The van der Waals surface area contributed by atoms with E-state index >= 15 is 0 Å². The second-order valence-corrected chi connectivity index (χ2v) is 7.41. The summed E-state index contributed by atoms with van der Waals surface area (Å²) in [6, 6.07) is 8.28. The van der Waals surface area contributed by atoms with Crippen LogP contribution in [-0.2, 0) is 16.0 Å². The lowest BCUT2D eigenvalue weighted by Crippen LogP contribution is -2.29. The quantitative estimate of drug-likeness (QED) is 0.239. The van der Waals surface area contributed by atoms with E-state index in [4.69, 9.17) is 4.74 Å². The van der Waals surface area contributed by atoms with Gasteiger partial charge in [0.1, 0.15) is 17.3 Å². The second kappa shape index (κ2) is 9.80. The van der Waals surface area contributed by atoms with E-state index in [2.05, 4.69) is 9.47 Å². The number of ether oxygens (including phenoxy) is 3. The lowest BCUT2D eigenvalue weighted by Gasteiger charge is -2.16. The minimum absolute atomic E-state index is 0.0774. The number of hydrogen-bond acceptors (Lipinski definition) is 6. The number of carbonyl (C=O) groups is 3. The van der Waals surface area contributed by atoms with Gasteiger partial charge in [0.2, 0.25) is 0 Å². The van der Waals surface area contributed by atoms with Crippen LogP contribution in [-0.4, -0.2) is 37.6 Å². The molecule has 0 spiro atoms. The fraction of sp³-hybridized carbons (Fsp3) is 0.208. The van der Waals surface area contributed by atoms with Gasteiger partial charge in [-0.3, -0.25) is 14.4 Å². The Kier molecular flexibility index (Phi) is 6.77. The van der Waals surface area contributed by atoms with Crippen molar-refractivity contribution in [1.82, 2.24) is 0 Å². The maximum atomic E-state index is 14.7. The molecular weight excluding hydrogens is 493 g/mol.